The Balaban J connectivity index is 2.20. The van der Waals surface area contributed by atoms with Crippen LogP contribution in [0.2, 0.25) is 5.02 Å². The van der Waals surface area contributed by atoms with Crippen molar-refractivity contribution in [2.24, 2.45) is 5.41 Å². The molecule has 1 aliphatic carbocycles. The Kier molecular flexibility index (Phi) is 4.45. The Hall–Kier alpha value is -1.40. The lowest BCUT2D eigenvalue weighted by atomic mass is 9.87. The van der Waals surface area contributed by atoms with Gasteiger partial charge in [-0.1, -0.05) is 24.4 Å². The largest absolute Gasteiger partial charge is 0.396 e. The van der Waals surface area contributed by atoms with Gasteiger partial charge < -0.3 is 10.4 Å². The summed E-state index contributed by atoms with van der Waals surface area (Å²) in [6.07, 6.45) is 3.82. The summed E-state index contributed by atoms with van der Waals surface area (Å²) in [6, 6.07) is 2.03. The first kappa shape index (κ1) is 15.0. The van der Waals surface area contributed by atoms with E-state index in [1.165, 1.54) is 6.07 Å². The smallest absolute Gasteiger partial charge is 0.295 e. The summed E-state index contributed by atoms with van der Waals surface area (Å²) in [5.41, 5.74) is -0.423. The van der Waals surface area contributed by atoms with Crippen molar-refractivity contribution in [2.75, 3.05) is 18.5 Å². The molecular weight excluding hydrogens is 287 g/mol. The van der Waals surface area contributed by atoms with Gasteiger partial charge in [-0.3, -0.25) is 10.1 Å². The molecule has 110 valence electrons. The fourth-order valence-corrected chi connectivity index (χ4v) is 2.79. The minimum absolute atomic E-state index is 0.0305. The number of nitro groups is 1. The Bertz CT molecular complexity index is 519. The minimum atomic E-state index is -0.818. The normalized spacial score (nSPS) is 17.1. The van der Waals surface area contributed by atoms with Crippen LogP contribution >= 0.6 is 11.6 Å². The lowest BCUT2D eigenvalue weighted by molar-refractivity contribution is -0.384. The first-order chi connectivity index (χ1) is 9.47. The van der Waals surface area contributed by atoms with E-state index >= 15 is 0 Å². The average molecular weight is 303 g/mol. The molecule has 1 fully saturated rings. The average Bonchev–Trinajstić information content (AvgIpc) is 2.89. The zero-order chi connectivity index (χ0) is 14.8. The van der Waals surface area contributed by atoms with Crippen LogP contribution in [-0.4, -0.2) is 23.2 Å². The summed E-state index contributed by atoms with van der Waals surface area (Å²) < 4.78 is 13.3. The van der Waals surface area contributed by atoms with Crippen LogP contribution in [0.1, 0.15) is 25.7 Å². The number of hydrogen-bond acceptors (Lipinski definition) is 4. The molecule has 0 radical (unpaired) electrons. The van der Waals surface area contributed by atoms with Crippen molar-refractivity contribution in [3.8, 4) is 0 Å². The van der Waals surface area contributed by atoms with E-state index < -0.39 is 10.7 Å². The molecule has 0 spiro atoms. The van der Waals surface area contributed by atoms with Gasteiger partial charge in [0, 0.05) is 12.0 Å². The molecule has 0 aromatic heterocycles. The second-order valence-corrected chi connectivity index (χ2v) is 5.67. The molecule has 0 saturated heterocycles. The molecule has 2 rings (SSSR count). The fraction of sp³-hybridized carbons (Fsp3) is 0.538. The summed E-state index contributed by atoms with van der Waals surface area (Å²) in [4.78, 5) is 10.3. The maximum atomic E-state index is 13.3. The fourth-order valence-electron chi connectivity index (χ4n) is 2.63. The Morgan fingerprint density at radius 3 is 2.65 bits per heavy atom. The van der Waals surface area contributed by atoms with E-state index in [-0.39, 0.29) is 28.4 Å². The molecule has 0 heterocycles. The molecule has 5 nitrogen and oxygen atoms in total. The van der Waals surface area contributed by atoms with Gasteiger partial charge in [0.1, 0.15) is 11.5 Å². The molecule has 1 saturated carbocycles. The van der Waals surface area contributed by atoms with Gasteiger partial charge in [0.15, 0.2) is 0 Å². The molecule has 0 bridgehead atoms. The molecule has 0 amide bonds. The monoisotopic (exact) mass is 302 g/mol. The van der Waals surface area contributed by atoms with Crippen molar-refractivity contribution < 1.29 is 14.4 Å². The molecule has 7 heteroatoms. The first-order valence-corrected chi connectivity index (χ1v) is 6.83. The van der Waals surface area contributed by atoms with Crippen LogP contribution in [0.15, 0.2) is 12.1 Å². The van der Waals surface area contributed by atoms with Crippen molar-refractivity contribution >= 4 is 23.0 Å². The lowest BCUT2D eigenvalue weighted by Crippen LogP contribution is -2.30. The molecule has 20 heavy (non-hydrogen) atoms. The summed E-state index contributed by atoms with van der Waals surface area (Å²) in [7, 11) is 0. The van der Waals surface area contributed by atoms with Gasteiger partial charge in [0.05, 0.1) is 22.6 Å². The summed E-state index contributed by atoms with van der Waals surface area (Å²) >= 11 is 5.67. The molecule has 0 unspecified atom stereocenters. The number of benzene rings is 1. The summed E-state index contributed by atoms with van der Waals surface area (Å²) in [5.74, 6) is -0.818. The number of nitrogens with zero attached hydrogens (tertiary/aromatic N) is 1. The number of halogens is 2. The van der Waals surface area contributed by atoms with E-state index in [2.05, 4.69) is 5.32 Å². The Morgan fingerprint density at radius 1 is 1.45 bits per heavy atom. The van der Waals surface area contributed by atoms with E-state index in [4.69, 9.17) is 11.6 Å². The van der Waals surface area contributed by atoms with Gasteiger partial charge in [-0.25, -0.2) is 4.39 Å². The van der Waals surface area contributed by atoms with Gasteiger partial charge in [0.2, 0.25) is 0 Å². The SMILES string of the molecule is O=[N+]([O-])c1cc(F)c(Cl)cc1NCC1(CO)CCCC1. The lowest BCUT2D eigenvalue weighted by Gasteiger charge is -2.27. The van der Waals surface area contributed by atoms with E-state index in [0.29, 0.717) is 6.54 Å². The van der Waals surface area contributed by atoms with Crippen molar-refractivity contribution in [1.29, 1.82) is 0 Å². The third kappa shape index (κ3) is 3.02. The predicted molar refractivity (Wildman–Crippen MR) is 74.5 cm³/mol. The number of aliphatic hydroxyl groups is 1. The number of rotatable bonds is 5. The highest BCUT2D eigenvalue weighted by molar-refractivity contribution is 6.31. The van der Waals surface area contributed by atoms with Gasteiger partial charge in [-0.05, 0) is 18.9 Å². The third-order valence-electron chi connectivity index (χ3n) is 3.89. The van der Waals surface area contributed by atoms with E-state index in [0.717, 1.165) is 31.7 Å². The maximum absolute atomic E-state index is 13.3. The van der Waals surface area contributed by atoms with E-state index in [1.54, 1.807) is 0 Å². The van der Waals surface area contributed by atoms with Crippen LogP contribution in [0.5, 0.6) is 0 Å². The molecule has 0 aliphatic heterocycles. The molecular formula is C13H16ClFN2O3. The molecule has 1 aromatic carbocycles. The van der Waals surface area contributed by atoms with Crippen molar-refractivity contribution in [3.63, 3.8) is 0 Å². The van der Waals surface area contributed by atoms with Gasteiger partial charge >= 0.3 is 0 Å². The van der Waals surface area contributed by atoms with E-state index in [1.807, 2.05) is 0 Å². The van der Waals surface area contributed by atoms with Crippen molar-refractivity contribution in [1.82, 2.24) is 0 Å². The number of nitro benzene ring substituents is 1. The second-order valence-electron chi connectivity index (χ2n) is 5.26. The van der Waals surface area contributed by atoms with Crippen LogP contribution in [0.25, 0.3) is 0 Å². The van der Waals surface area contributed by atoms with Gasteiger partial charge in [-0.15, -0.1) is 0 Å². The van der Waals surface area contributed by atoms with Crippen LogP contribution in [0.4, 0.5) is 15.8 Å². The number of hydrogen-bond donors (Lipinski definition) is 2. The Morgan fingerprint density at radius 2 is 2.10 bits per heavy atom. The quantitative estimate of drug-likeness (QED) is 0.646. The maximum Gasteiger partial charge on any atom is 0.295 e. The Labute approximate surface area is 120 Å². The molecule has 2 N–H and O–H groups in total. The standard InChI is InChI=1S/C13H16ClFN2O3/c14-9-5-11(12(17(19)20)6-10(9)15)16-7-13(8-18)3-1-2-4-13/h5-6,16,18H,1-4,7-8H2. The van der Waals surface area contributed by atoms with Crippen LogP contribution in [0.3, 0.4) is 0 Å². The topological polar surface area (TPSA) is 75.4 Å². The van der Waals surface area contributed by atoms with Crippen molar-refractivity contribution in [2.45, 2.75) is 25.7 Å². The molecule has 1 aromatic rings. The second kappa shape index (κ2) is 5.93. The highest BCUT2D eigenvalue weighted by atomic mass is 35.5. The minimum Gasteiger partial charge on any atom is -0.396 e. The molecule has 1 aliphatic rings. The van der Waals surface area contributed by atoms with Crippen LogP contribution in [-0.2, 0) is 0 Å². The predicted octanol–water partition coefficient (Wildman–Crippen LogP) is 3.35. The summed E-state index contributed by atoms with van der Waals surface area (Å²) in [6.45, 7) is 0.440. The summed E-state index contributed by atoms with van der Waals surface area (Å²) in [5, 5.41) is 23.2. The zero-order valence-electron chi connectivity index (χ0n) is 10.9. The molecule has 0 atom stereocenters. The van der Waals surface area contributed by atoms with Gasteiger partial charge in [-0.2, -0.15) is 0 Å². The highest BCUT2D eigenvalue weighted by Crippen LogP contribution is 2.39. The zero-order valence-corrected chi connectivity index (χ0v) is 11.6. The van der Waals surface area contributed by atoms with Gasteiger partial charge in [0.25, 0.3) is 5.69 Å². The third-order valence-corrected chi connectivity index (χ3v) is 4.18. The number of aliphatic hydroxyl groups excluding tert-OH is 1. The van der Waals surface area contributed by atoms with Crippen LogP contribution < -0.4 is 5.32 Å². The number of nitrogens with one attached hydrogen (secondary N) is 1. The highest BCUT2D eigenvalue weighted by Gasteiger charge is 2.33. The van der Waals surface area contributed by atoms with Crippen molar-refractivity contribution in [3.05, 3.63) is 33.1 Å². The van der Waals surface area contributed by atoms with Crippen LogP contribution in [0, 0.1) is 21.3 Å². The first-order valence-electron chi connectivity index (χ1n) is 6.46. The number of anilines is 1. The van der Waals surface area contributed by atoms with E-state index in [9.17, 15) is 19.6 Å².